The van der Waals surface area contributed by atoms with E-state index < -0.39 is 23.5 Å². The molecule has 2 atom stereocenters. The molecule has 1 saturated carbocycles. The molecule has 0 aromatic heterocycles. The predicted octanol–water partition coefficient (Wildman–Crippen LogP) is 2.99. The van der Waals surface area contributed by atoms with Crippen LogP contribution in [0, 0.1) is 11.8 Å². The molecule has 0 aliphatic heterocycles. The van der Waals surface area contributed by atoms with Crippen LogP contribution in [0.3, 0.4) is 0 Å². The molecule has 15 heavy (non-hydrogen) atoms. The number of carbonyl (C=O) groups is 1. The van der Waals surface area contributed by atoms with Gasteiger partial charge in [0.15, 0.2) is 5.83 Å². The van der Waals surface area contributed by atoms with Crippen molar-refractivity contribution in [1.82, 2.24) is 0 Å². The Bertz CT molecular complexity index is 352. The Hall–Kier alpha value is -1.45. The van der Waals surface area contributed by atoms with E-state index in [0.717, 1.165) is 13.0 Å². The number of carboxylic acids is 1. The highest BCUT2D eigenvalue weighted by molar-refractivity contribution is 5.74. The third-order valence-corrected chi connectivity index (χ3v) is 2.36. The number of hydrogen-bond donors (Lipinski definition) is 1. The van der Waals surface area contributed by atoms with Crippen LogP contribution in [0.15, 0.2) is 36.0 Å². The van der Waals surface area contributed by atoms with Gasteiger partial charge in [0.2, 0.25) is 0 Å². The summed E-state index contributed by atoms with van der Waals surface area (Å²) in [6, 6.07) is 0. The van der Waals surface area contributed by atoms with Crippen molar-refractivity contribution in [3.63, 3.8) is 0 Å². The zero-order valence-electron chi connectivity index (χ0n) is 8.34. The maximum Gasteiger partial charge on any atom is 0.307 e. The molecule has 0 saturated heterocycles. The molecule has 0 amide bonds. The minimum absolute atomic E-state index is 0.133. The quantitative estimate of drug-likeness (QED) is 0.730. The molecule has 0 heterocycles. The van der Waals surface area contributed by atoms with Gasteiger partial charge in [0.25, 0.3) is 0 Å². The van der Waals surface area contributed by atoms with Gasteiger partial charge in [-0.15, -0.1) is 0 Å². The van der Waals surface area contributed by atoms with E-state index in [2.05, 4.69) is 6.58 Å². The monoisotopic (exact) mass is 214 g/mol. The van der Waals surface area contributed by atoms with Crippen molar-refractivity contribution < 1.29 is 18.7 Å². The van der Waals surface area contributed by atoms with Crippen LogP contribution < -0.4 is 0 Å². The number of carboxylic acid groups (broad SMARTS) is 1. The average molecular weight is 214 g/mol. The molecule has 0 spiro atoms. The summed E-state index contributed by atoms with van der Waals surface area (Å²) < 4.78 is 25.0. The van der Waals surface area contributed by atoms with E-state index in [1.165, 1.54) is 6.08 Å². The molecule has 0 radical (unpaired) electrons. The molecule has 0 bridgehead atoms. The fourth-order valence-corrected chi connectivity index (χ4v) is 1.30. The van der Waals surface area contributed by atoms with Crippen molar-refractivity contribution in [1.29, 1.82) is 0 Å². The molecule has 0 aromatic rings. The molecule has 1 N–H and O–H groups in total. The maximum atomic E-state index is 12.7. The van der Waals surface area contributed by atoms with E-state index in [4.69, 9.17) is 5.11 Å². The number of aliphatic carboxylic acids is 1. The van der Waals surface area contributed by atoms with E-state index >= 15 is 0 Å². The Balaban J connectivity index is 2.52. The Labute approximate surface area is 86.6 Å². The van der Waals surface area contributed by atoms with Crippen LogP contribution in [0.5, 0.6) is 0 Å². The average Bonchev–Trinajstić information content (AvgIpc) is 2.92. The van der Waals surface area contributed by atoms with E-state index in [1.807, 2.05) is 0 Å². The lowest BCUT2D eigenvalue weighted by Crippen LogP contribution is -1.99. The topological polar surface area (TPSA) is 37.3 Å². The molecular formula is C11H12F2O2. The van der Waals surface area contributed by atoms with Gasteiger partial charge in [-0.05, 0) is 25.3 Å². The minimum atomic E-state index is -0.955. The first-order valence-electron chi connectivity index (χ1n) is 4.55. The highest BCUT2D eigenvalue weighted by atomic mass is 19.2. The molecule has 2 nitrogen and oxygen atoms in total. The van der Waals surface area contributed by atoms with Crippen LogP contribution in [0.1, 0.15) is 13.3 Å². The zero-order valence-corrected chi connectivity index (χ0v) is 8.34. The molecule has 1 aliphatic carbocycles. The number of rotatable bonds is 4. The molecule has 1 aliphatic rings. The van der Waals surface area contributed by atoms with Crippen molar-refractivity contribution in [3.05, 3.63) is 36.0 Å². The normalized spacial score (nSPS) is 26.3. The molecule has 4 heteroatoms. The second-order valence-corrected chi connectivity index (χ2v) is 3.58. The smallest absolute Gasteiger partial charge is 0.307 e. The highest BCUT2D eigenvalue weighted by Gasteiger charge is 2.43. The summed E-state index contributed by atoms with van der Waals surface area (Å²) in [6.45, 7) is 4.63. The lowest BCUT2D eigenvalue weighted by molar-refractivity contribution is -0.138. The second kappa shape index (κ2) is 4.38. The fourth-order valence-electron chi connectivity index (χ4n) is 1.30. The van der Waals surface area contributed by atoms with Gasteiger partial charge in [-0.3, -0.25) is 4.79 Å². The van der Waals surface area contributed by atoms with E-state index in [0.29, 0.717) is 12.0 Å². The molecule has 82 valence electrons. The largest absolute Gasteiger partial charge is 0.481 e. The van der Waals surface area contributed by atoms with E-state index in [-0.39, 0.29) is 5.92 Å². The number of allylic oxidation sites excluding steroid dienone is 5. The Morgan fingerprint density at radius 3 is 2.40 bits per heavy atom. The summed E-state index contributed by atoms with van der Waals surface area (Å²) in [4.78, 5) is 10.5. The first kappa shape index (κ1) is 11.6. The fraction of sp³-hybridized carbons (Fsp3) is 0.364. The van der Waals surface area contributed by atoms with Gasteiger partial charge in [-0.25, -0.2) is 8.78 Å². The summed E-state index contributed by atoms with van der Waals surface area (Å²) in [5, 5.41) is 8.63. The van der Waals surface area contributed by atoms with E-state index in [1.54, 1.807) is 0 Å². The summed E-state index contributed by atoms with van der Waals surface area (Å²) in [7, 11) is 0. The lowest BCUT2D eigenvalue weighted by atomic mass is 10.1. The van der Waals surface area contributed by atoms with Crippen molar-refractivity contribution >= 4 is 5.97 Å². The van der Waals surface area contributed by atoms with Crippen LogP contribution in [-0.2, 0) is 4.79 Å². The van der Waals surface area contributed by atoms with Gasteiger partial charge >= 0.3 is 5.97 Å². The Morgan fingerprint density at radius 1 is 1.40 bits per heavy atom. The van der Waals surface area contributed by atoms with Gasteiger partial charge in [0.05, 0.1) is 5.92 Å². The van der Waals surface area contributed by atoms with Crippen LogP contribution in [0.25, 0.3) is 0 Å². The Kier molecular flexibility index (Phi) is 3.39. The SMILES string of the molecule is C=C(/C=C\C(F)=C(/C)F)[C@H]1C[C@@H]1C(=O)O. The maximum absolute atomic E-state index is 12.7. The Morgan fingerprint density at radius 2 is 2.00 bits per heavy atom. The van der Waals surface area contributed by atoms with E-state index in [9.17, 15) is 13.6 Å². The second-order valence-electron chi connectivity index (χ2n) is 3.58. The lowest BCUT2D eigenvalue weighted by Gasteiger charge is -1.95. The van der Waals surface area contributed by atoms with Gasteiger partial charge < -0.3 is 5.11 Å². The molecule has 0 unspecified atom stereocenters. The molecule has 1 rings (SSSR count). The van der Waals surface area contributed by atoms with Crippen molar-refractivity contribution in [3.8, 4) is 0 Å². The van der Waals surface area contributed by atoms with Crippen molar-refractivity contribution in [2.45, 2.75) is 13.3 Å². The number of halogens is 2. The van der Waals surface area contributed by atoms with Crippen molar-refractivity contribution in [2.75, 3.05) is 0 Å². The van der Waals surface area contributed by atoms with Crippen LogP contribution >= 0.6 is 0 Å². The molecule has 0 aromatic carbocycles. The van der Waals surface area contributed by atoms with Gasteiger partial charge in [-0.2, -0.15) is 0 Å². The third kappa shape index (κ3) is 3.01. The first-order chi connectivity index (χ1) is 6.93. The summed E-state index contributed by atoms with van der Waals surface area (Å²) in [5.74, 6) is -3.27. The highest BCUT2D eigenvalue weighted by Crippen LogP contribution is 2.44. The molecular weight excluding hydrogens is 202 g/mol. The van der Waals surface area contributed by atoms with Gasteiger partial charge in [0.1, 0.15) is 5.83 Å². The standard InChI is InChI=1S/C11H12F2O2/c1-6(3-4-10(13)7(2)12)8-5-9(8)11(14)15/h3-4,8-9H,1,5H2,2H3,(H,14,15)/b4-3-,10-7-/t8-,9+/m1/s1. The van der Waals surface area contributed by atoms with Crippen LogP contribution in [-0.4, -0.2) is 11.1 Å². The first-order valence-corrected chi connectivity index (χ1v) is 4.55. The third-order valence-electron chi connectivity index (χ3n) is 2.36. The van der Waals surface area contributed by atoms with Crippen LogP contribution in [0.4, 0.5) is 8.78 Å². The van der Waals surface area contributed by atoms with Crippen LogP contribution in [0.2, 0.25) is 0 Å². The van der Waals surface area contributed by atoms with Gasteiger partial charge in [-0.1, -0.05) is 18.2 Å². The number of hydrogen-bond acceptors (Lipinski definition) is 1. The van der Waals surface area contributed by atoms with Crippen molar-refractivity contribution in [2.24, 2.45) is 11.8 Å². The predicted molar refractivity (Wildman–Crippen MR) is 52.4 cm³/mol. The summed E-state index contributed by atoms with van der Waals surface area (Å²) >= 11 is 0. The minimum Gasteiger partial charge on any atom is -0.481 e. The zero-order chi connectivity index (χ0) is 11.6. The summed E-state index contributed by atoms with van der Waals surface area (Å²) in [6.07, 6.45) is 2.82. The molecule has 1 fully saturated rings. The summed E-state index contributed by atoms with van der Waals surface area (Å²) in [5.41, 5.74) is 0.527. The van der Waals surface area contributed by atoms with Gasteiger partial charge in [0, 0.05) is 0 Å².